The van der Waals surface area contributed by atoms with E-state index < -0.39 is 0 Å². The first kappa shape index (κ1) is 9.80. The molecule has 0 saturated heterocycles. The number of ether oxygens (including phenoxy) is 1. The fourth-order valence-corrected chi connectivity index (χ4v) is 0.948. The smallest absolute Gasteiger partial charge is 0.246 e. The summed E-state index contributed by atoms with van der Waals surface area (Å²) in [6.07, 6.45) is 0. The average molecular weight is 183 g/mol. The number of carbonyl (C=O) groups is 1. The summed E-state index contributed by atoms with van der Waals surface area (Å²) < 4.78 is 9.91. The first-order valence-corrected chi connectivity index (χ1v) is 4.03. The second-order valence-corrected chi connectivity index (χ2v) is 2.72. The lowest BCUT2D eigenvalue weighted by atomic mass is 10.4. The van der Waals surface area contributed by atoms with Crippen LogP contribution < -0.4 is 5.32 Å². The minimum absolute atomic E-state index is 0.0830. The van der Waals surface area contributed by atoms with E-state index in [9.17, 15) is 4.79 Å². The number of nitrogens with one attached hydrogen (secondary N) is 1. The summed E-state index contributed by atoms with van der Waals surface area (Å²) in [6.45, 7) is 2.36. The number of amides is 1. The largest absolute Gasteiger partial charge is 0.465 e. The van der Waals surface area contributed by atoms with E-state index >= 15 is 0 Å². The highest BCUT2D eigenvalue weighted by Crippen LogP contribution is 2.04. The van der Waals surface area contributed by atoms with Gasteiger partial charge in [0, 0.05) is 7.11 Å². The molecule has 0 aliphatic rings. The fraction of sp³-hybridized carbons (Fsp3) is 0.444. The zero-order valence-corrected chi connectivity index (χ0v) is 7.79. The molecule has 0 aliphatic carbocycles. The first-order valence-electron chi connectivity index (χ1n) is 4.03. The van der Waals surface area contributed by atoms with Crippen LogP contribution in [0.15, 0.2) is 16.5 Å². The number of rotatable bonds is 4. The quantitative estimate of drug-likeness (QED) is 0.752. The maximum absolute atomic E-state index is 10.9. The lowest BCUT2D eigenvalue weighted by Gasteiger charge is -2.00. The molecule has 0 aliphatic heterocycles. The zero-order valence-electron chi connectivity index (χ0n) is 7.79. The van der Waals surface area contributed by atoms with Gasteiger partial charge in [0.25, 0.3) is 0 Å². The Kier molecular flexibility index (Phi) is 3.52. The summed E-state index contributed by atoms with van der Waals surface area (Å²) in [4.78, 5) is 10.9. The SMILES string of the molecule is COCC(=O)NCc1ccc(C)o1. The van der Waals surface area contributed by atoms with Crippen molar-refractivity contribution in [3.63, 3.8) is 0 Å². The van der Waals surface area contributed by atoms with Crippen molar-refractivity contribution in [3.8, 4) is 0 Å². The van der Waals surface area contributed by atoms with Crippen LogP contribution in [0.25, 0.3) is 0 Å². The van der Waals surface area contributed by atoms with Crippen LogP contribution in [0.3, 0.4) is 0 Å². The monoisotopic (exact) mass is 183 g/mol. The van der Waals surface area contributed by atoms with Gasteiger partial charge in [0.05, 0.1) is 6.54 Å². The van der Waals surface area contributed by atoms with Crippen molar-refractivity contribution < 1.29 is 13.9 Å². The van der Waals surface area contributed by atoms with Crippen LogP contribution in [0.2, 0.25) is 0 Å². The van der Waals surface area contributed by atoms with Crippen molar-refractivity contribution in [1.82, 2.24) is 5.32 Å². The third-order valence-electron chi connectivity index (χ3n) is 1.53. The van der Waals surface area contributed by atoms with Crippen LogP contribution in [0.4, 0.5) is 0 Å². The Morgan fingerprint density at radius 2 is 2.38 bits per heavy atom. The molecule has 1 N–H and O–H groups in total. The molecule has 13 heavy (non-hydrogen) atoms. The summed E-state index contributed by atoms with van der Waals surface area (Å²) >= 11 is 0. The van der Waals surface area contributed by atoms with Crippen molar-refractivity contribution in [3.05, 3.63) is 23.7 Å². The Labute approximate surface area is 76.9 Å². The van der Waals surface area contributed by atoms with Crippen LogP contribution in [0.1, 0.15) is 11.5 Å². The van der Waals surface area contributed by atoms with Gasteiger partial charge in [0.1, 0.15) is 18.1 Å². The van der Waals surface area contributed by atoms with Gasteiger partial charge < -0.3 is 14.5 Å². The molecule has 0 radical (unpaired) electrons. The molecule has 1 rings (SSSR count). The molecule has 0 spiro atoms. The Hall–Kier alpha value is -1.29. The van der Waals surface area contributed by atoms with Crippen molar-refractivity contribution in [2.75, 3.05) is 13.7 Å². The predicted molar refractivity (Wildman–Crippen MR) is 47.2 cm³/mol. The van der Waals surface area contributed by atoms with E-state index in [1.165, 1.54) is 7.11 Å². The van der Waals surface area contributed by atoms with E-state index in [0.29, 0.717) is 6.54 Å². The van der Waals surface area contributed by atoms with Gasteiger partial charge in [0.2, 0.25) is 5.91 Å². The van der Waals surface area contributed by atoms with Gasteiger partial charge in [-0.3, -0.25) is 4.79 Å². The molecule has 0 saturated carbocycles. The zero-order chi connectivity index (χ0) is 9.68. The summed E-state index contributed by atoms with van der Waals surface area (Å²) in [6, 6.07) is 3.69. The molecule has 1 aromatic heterocycles. The maximum atomic E-state index is 10.9. The number of aryl methyl sites for hydroxylation is 1. The normalized spacial score (nSPS) is 10.0. The van der Waals surface area contributed by atoms with Gasteiger partial charge in [-0.2, -0.15) is 0 Å². The lowest BCUT2D eigenvalue weighted by Crippen LogP contribution is -2.26. The average Bonchev–Trinajstić information content (AvgIpc) is 2.49. The second-order valence-electron chi connectivity index (χ2n) is 2.72. The molecule has 4 nitrogen and oxygen atoms in total. The molecule has 0 aromatic carbocycles. The highest BCUT2D eigenvalue weighted by Gasteiger charge is 2.01. The van der Waals surface area contributed by atoms with Gasteiger partial charge in [-0.25, -0.2) is 0 Å². The molecule has 1 amide bonds. The van der Waals surface area contributed by atoms with E-state index in [1.54, 1.807) is 0 Å². The Balaban J connectivity index is 2.30. The first-order chi connectivity index (χ1) is 6.22. The number of methoxy groups -OCH3 is 1. The van der Waals surface area contributed by atoms with Gasteiger partial charge in [-0.1, -0.05) is 0 Å². The van der Waals surface area contributed by atoms with Crippen LogP contribution in [0, 0.1) is 6.92 Å². The lowest BCUT2D eigenvalue weighted by molar-refractivity contribution is -0.124. The van der Waals surface area contributed by atoms with Gasteiger partial charge in [-0.15, -0.1) is 0 Å². The highest BCUT2D eigenvalue weighted by molar-refractivity contribution is 5.77. The van der Waals surface area contributed by atoms with Crippen LogP contribution in [0.5, 0.6) is 0 Å². The molecule has 0 fully saturated rings. The summed E-state index contributed by atoms with van der Waals surface area (Å²) in [5.74, 6) is 1.45. The topological polar surface area (TPSA) is 51.5 Å². The number of hydrogen-bond donors (Lipinski definition) is 1. The standard InChI is InChI=1S/C9H13NO3/c1-7-3-4-8(13-7)5-10-9(11)6-12-2/h3-4H,5-6H2,1-2H3,(H,10,11). The Bertz CT molecular complexity index is 280. The van der Waals surface area contributed by atoms with Crippen molar-refractivity contribution in [2.45, 2.75) is 13.5 Å². The van der Waals surface area contributed by atoms with Gasteiger partial charge in [-0.05, 0) is 19.1 Å². The molecule has 0 bridgehead atoms. The van der Waals surface area contributed by atoms with Crippen LogP contribution in [-0.2, 0) is 16.1 Å². The van der Waals surface area contributed by atoms with E-state index in [2.05, 4.69) is 10.1 Å². The summed E-state index contributed by atoms with van der Waals surface area (Å²) in [5.41, 5.74) is 0. The van der Waals surface area contributed by atoms with Crippen molar-refractivity contribution in [1.29, 1.82) is 0 Å². The number of hydrogen-bond acceptors (Lipinski definition) is 3. The maximum Gasteiger partial charge on any atom is 0.246 e. The van der Waals surface area contributed by atoms with E-state index in [-0.39, 0.29) is 12.5 Å². The van der Waals surface area contributed by atoms with Gasteiger partial charge >= 0.3 is 0 Å². The van der Waals surface area contributed by atoms with Crippen LogP contribution in [-0.4, -0.2) is 19.6 Å². The minimum Gasteiger partial charge on any atom is -0.465 e. The minimum atomic E-state index is -0.142. The molecular formula is C9H13NO3. The fourth-order valence-electron chi connectivity index (χ4n) is 0.948. The molecule has 1 heterocycles. The van der Waals surface area contributed by atoms with E-state index in [0.717, 1.165) is 11.5 Å². The van der Waals surface area contributed by atoms with Crippen LogP contribution >= 0.6 is 0 Å². The Morgan fingerprint density at radius 1 is 1.62 bits per heavy atom. The van der Waals surface area contributed by atoms with E-state index in [4.69, 9.17) is 4.42 Å². The van der Waals surface area contributed by atoms with Crippen molar-refractivity contribution >= 4 is 5.91 Å². The third-order valence-corrected chi connectivity index (χ3v) is 1.53. The number of furan rings is 1. The third kappa shape index (κ3) is 3.29. The van der Waals surface area contributed by atoms with Crippen molar-refractivity contribution in [2.24, 2.45) is 0 Å². The second kappa shape index (κ2) is 4.67. The predicted octanol–water partition coefficient (Wildman–Crippen LogP) is 0.851. The molecule has 4 heteroatoms. The van der Waals surface area contributed by atoms with E-state index in [1.807, 2.05) is 19.1 Å². The molecule has 0 unspecified atom stereocenters. The highest BCUT2D eigenvalue weighted by atomic mass is 16.5. The number of carbonyl (C=O) groups excluding carboxylic acids is 1. The molecule has 0 atom stereocenters. The summed E-state index contributed by atoms with van der Waals surface area (Å²) in [5, 5.41) is 2.66. The molecular weight excluding hydrogens is 170 g/mol. The molecule has 72 valence electrons. The molecule has 1 aromatic rings. The summed E-state index contributed by atoms with van der Waals surface area (Å²) in [7, 11) is 1.48. The Morgan fingerprint density at radius 3 is 2.92 bits per heavy atom. The van der Waals surface area contributed by atoms with Gasteiger partial charge in [0.15, 0.2) is 0 Å².